The lowest BCUT2D eigenvalue weighted by Gasteiger charge is -2.47. The maximum Gasteiger partial charge on any atom is 0.272 e. The van der Waals surface area contributed by atoms with Gasteiger partial charge in [0.05, 0.1) is 32.8 Å². The summed E-state index contributed by atoms with van der Waals surface area (Å²) >= 11 is 0. The molecule has 0 radical (unpaired) electrons. The molecule has 3 fully saturated rings. The van der Waals surface area contributed by atoms with Crippen LogP contribution in [-0.4, -0.2) is 90.5 Å². The van der Waals surface area contributed by atoms with Crippen molar-refractivity contribution in [3.63, 3.8) is 0 Å². The van der Waals surface area contributed by atoms with E-state index >= 15 is 0 Å². The van der Waals surface area contributed by atoms with E-state index in [1.165, 1.54) is 0 Å². The molecule has 4 heterocycles. The fraction of sp³-hybridized carbons (Fsp3) is 0.467. The number of carbonyl (C=O) groups is 3. The minimum atomic E-state index is -0.631. The Morgan fingerprint density at radius 2 is 1.88 bits per heavy atom. The highest BCUT2D eigenvalue weighted by atomic mass is 16.5. The van der Waals surface area contributed by atoms with E-state index in [1.807, 2.05) is 24.3 Å². The molecule has 0 saturated carbocycles. The molecule has 1 aliphatic carbocycles. The summed E-state index contributed by atoms with van der Waals surface area (Å²) in [4.78, 5) is 47.4. The average molecular weight is 547 g/mol. The summed E-state index contributed by atoms with van der Waals surface area (Å²) < 4.78 is 17.6. The fourth-order valence-corrected chi connectivity index (χ4v) is 6.31. The molecule has 3 saturated heterocycles. The molecule has 1 aromatic carbocycles. The van der Waals surface area contributed by atoms with Gasteiger partial charge in [-0.2, -0.15) is 0 Å². The molecule has 210 valence electrons. The molecule has 2 amide bonds. The first-order valence-electron chi connectivity index (χ1n) is 13.7. The van der Waals surface area contributed by atoms with Gasteiger partial charge in [0.25, 0.3) is 5.91 Å². The number of hydrogen-bond donors (Lipinski definition) is 1. The predicted molar refractivity (Wildman–Crippen MR) is 147 cm³/mol. The number of aromatic nitrogens is 1. The number of amides is 2. The molecular weight excluding hydrogens is 512 g/mol. The summed E-state index contributed by atoms with van der Waals surface area (Å²) in [6.45, 7) is 4.63. The fourth-order valence-electron chi connectivity index (χ4n) is 6.31. The van der Waals surface area contributed by atoms with Crippen molar-refractivity contribution in [2.75, 3.05) is 46.9 Å². The minimum absolute atomic E-state index is 0.00334. The number of methoxy groups -OCH3 is 2. The molecule has 1 N–H and O–H groups in total. The van der Waals surface area contributed by atoms with Crippen LogP contribution in [0.15, 0.2) is 47.7 Å². The lowest BCUT2D eigenvalue weighted by Crippen LogP contribution is -2.57. The van der Waals surface area contributed by atoms with Crippen LogP contribution < -0.4 is 14.8 Å². The first kappa shape index (κ1) is 26.3. The molecule has 4 aliphatic rings. The number of pyridine rings is 1. The van der Waals surface area contributed by atoms with Gasteiger partial charge in [-0.15, -0.1) is 0 Å². The number of hydrogen-bond acceptors (Lipinski definition) is 8. The van der Waals surface area contributed by atoms with Gasteiger partial charge in [-0.05, 0) is 37.6 Å². The Labute approximate surface area is 232 Å². The van der Waals surface area contributed by atoms with Gasteiger partial charge >= 0.3 is 0 Å². The first-order valence-corrected chi connectivity index (χ1v) is 13.7. The van der Waals surface area contributed by atoms with Crippen molar-refractivity contribution >= 4 is 28.5 Å². The number of para-hydroxylation sites is 1. The van der Waals surface area contributed by atoms with Crippen LogP contribution >= 0.6 is 0 Å². The zero-order valence-corrected chi connectivity index (χ0v) is 23.1. The van der Waals surface area contributed by atoms with E-state index in [0.29, 0.717) is 73.8 Å². The Balaban J connectivity index is 1.17. The molecule has 6 rings (SSSR count). The van der Waals surface area contributed by atoms with Gasteiger partial charge in [0.1, 0.15) is 34.1 Å². The van der Waals surface area contributed by atoms with E-state index in [1.54, 1.807) is 31.3 Å². The number of nitrogens with zero attached hydrogens (tertiary/aromatic N) is 3. The number of carbonyl (C=O) groups excluding carboxylic acids is 3. The van der Waals surface area contributed by atoms with E-state index in [0.717, 1.165) is 11.9 Å². The molecule has 10 heteroatoms. The van der Waals surface area contributed by atoms with Gasteiger partial charge in [-0.25, -0.2) is 4.98 Å². The Bertz CT molecular complexity index is 1460. The minimum Gasteiger partial charge on any atom is -0.496 e. The van der Waals surface area contributed by atoms with Crippen LogP contribution in [0.1, 0.15) is 43.1 Å². The summed E-state index contributed by atoms with van der Waals surface area (Å²) in [5.41, 5.74) is 0.421. The predicted octanol–water partition coefficient (Wildman–Crippen LogP) is 2.62. The molecule has 40 heavy (non-hydrogen) atoms. The zero-order valence-electron chi connectivity index (χ0n) is 23.1. The van der Waals surface area contributed by atoms with Crippen molar-refractivity contribution in [2.45, 2.75) is 43.7 Å². The first-order chi connectivity index (χ1) is 19.2. The average Bonchev–Trinajstić information content (AvgIpc) is 2.97. The topological polar surface area (TPSA) is 110 Å². The van der Waals surface area contributed by atoms with Gasteiger partial charge in [-0.3, -0.25) is 19.3 Å². The van der Waals surface area contributed by atoms with Crippen LogP contribution in [0, 0.1) is 0 Å². The smallest absolute Gasteiger partial charge is 0.272 e. The van der Waals surface area contributed by atoms with Crippen molar-refractivity contribution in [2.24, 2.45) is 0 Å². The highest BCUT2D eigenvalue weighted by molar-refractivity contribution is 6.01. The SMILES string of the molecule is COc1cc(C(=O)N2CCC3(CC2)CC(=O)C2=C[C@@](C)(N4CCNC(=O)C4)CC=C2O3)nc2c(OC)cccc12. The van der Waals surface area contributed by atoms with Gasteiger partial charge in [-0.1, -0.05) is 6.07 Å². The number of ketones is 1. The third-order valence-electron chi connectivity index (χ3n) is 8.68. The number of fused-ring (bicyclic) bond motifs is 2. The summed E-state index contributed by atoms with van der Waals surface area (Å²) in [5, 5.41) is 3.63. The maximum absolute atomic E-state index is 13.5. The number of piperazine rings is 1. The van der Waals surface area contributed by atoms with E-state index < -0.39 is 11.1 Å². The zero-order chi connectivity index (χ0) is 28.1. The lowest BCUT2D eigenvalue weighted by atomic mass is 9.78. The van der Waals surface area contributed by atoms with E-state index in [-0.39, 0.29) is 29.7 Å². The maximum atomic E-state index is 13.5. The Morgan fingerprint density at radius 3 is 2.60 bits per heavy atom. The standard InChI is InChI=1S/C30H34N4O6/c1-29(34-14-11-31-26(36)18-34)8-7-23-20(16-29)22(35)17-30(40-23)9-12-33(13-10-30)28(37)21-15-25(39-3)19-5-4-6-24(38-2)27(19)32-21/h4-7,15-16H,8-14,17-18H2,1-3H3,(H,31,36)/t29-/m0/s1. The van der Waals surface area contributed by atoms with E-state index in [4.69, 9.17) is 14.2 Å². The number of nitrogens with one attached hydrogen (secondary N) is 1. The largest absolute Gasteiger partial charge is 0.496 e. The molecule has 1 atom stereocenters. The number of allylic oxidation sites excluding steroid dienone is 1. The molecular formula is C30H34N4O6. The van der Waals surface area contributed by atoms with Crippen LogP contribution in [0.25, 0.3) is 10.9 Å². The summed E-state index contributed by atoms with van der Waals surface area (Å²) in [5.74, 6) is 1.62. The Morgan fingerprint density at radius 1 is 1.10 bits per heavy atom. The highest BCUT2D eigenvalue weighted by Crippen LogP contribution is 2.43. The molecule has 1 aromatic heterocycles. The number of piperidine rings is 1. The molecule has 2 aromatic rings. The lowest BCUT2D eigenvalue weighted by molar-refractivity contribution is -0.129. The van der Waals surface area contributed by atoms with Crippen LogP contribution in [0.4, 0.5) is 0 Å². The van der Waals surface area contributed by atoms with Crippen LogP contribution in [0.2, 0.25) is 0 Å². The number of Topliss-reactive ketones (excluding diaryl/α,β-unsaturated/α-hetero) is 1. The molecule has 0 bridgehead atoms. The summed E-state index contributed by atoms with van der Waals surface area (Å²) in [6.07, 6.45) is 6.01. The second-order valence-electron chi connectivity index (χ2n) is 11.2. The number of ether oxygens (including phenoxy) is 3. The van der Waals surface area contributed by atoms with Crippen LogP contribution in [0.5, 0.6) is 11.5 Å². The van der Waals surface area contributed by atoms with E-state index in [9.17, 15) is 14.4 Å². The monoisotopic (exact) mass is 546 g/mol. The molecule has 1 spiro atoms. The van der Waals surface area contributed by atoms with Gasteiger partial charge in [0, 0.05) is 56.0 Å². The molecule has 3 aliphatic heterocycles. The molecule has 0 unspecified atom stereocenters. The van der Waals surface area contributed by atoms with Gasteiger partial charge < -0.3 is 24.4 Å². The number of rotatable bonds is 4. The van der Waals surface area contributed by atoms with Crippen molar-refractivity contribution < 1.29 is 28.6 Å². The highest BCUT2D eigenvalue weighted by Gasteiger charge is 2.47. The Kier molecular flexibility index (Phi) is 6.53. The van der Waals surface area contributed by atoms with Crippen molar-refractivity contribution in [3.05, 3.63) is 53.4 Å². The summed E-state index contributed by atoms with van der Waals surface area (Å²) in [6, 6.07) is 7.22. The normalized spacial score (nSPS) is 24.5. The van der Waals surface area contributed by atoms with Crippen molar-refractivity contribution in [1.82, 2.24) is 20.1 Å². The second kappa shape index (κ2) is 9.92. The van der Waals surface area contributed by atoms with Gasteiger partial charge in [0.2, 0.25) is 5.91 Å². The van der Waals surface area contributed by atoms with E-state index in [2.05, 4.69) is 22.1 Å². The summed E-state index contributed by atoms with van der Waals surface area (Å²) in [7, 11) is 3.14. The van der Waals surface area contributed by atoms with Crippen molar-refractivity contribution in [3.8, 4) is 11.5 Å². The van der Waals surface area contributed by atoms with Gasteiger partial charge in [0.15, 0.2) is 5.78 Å². The van der Waals surface area contributed by atoms with Crippen molar-refractivity contribution in [1.29, 1.82) is 0 Å². The Hall–Kier alpha value is -3.92. The number of likely N-dealkylation sites (tertiary alicyclic amines) is 1. The second-order valence-corrected chi connectivity index (χ2v) is 11.2. The molecule has 10 nitrogen and oxygen atoms in total. The third kappa shape index (κ3) is 4.50. The van der Waals surface area contributed by atoms with Crippen LogP contribution in [0.3, 0.4) is 0 Å². The quantitative estimate of drug-likeness (QED) is 0.623. The third-order valence-corrected chi connectivity index (χ3v) is 8.68. The van der Waals surface area contributed by atoms with Crippen LogP contribution in [-0.2, 0) is 14.3 Å². The number of benzene rings is 1.